The number of ketones is 1. The van der Waals surface area contributed by atoms with Crippen LogP contribution in [0.25, 0.3) is 5.57 Å². The Bertz CT molecular complexity index is 748. The Labute approximate surface area is 161 Å². The number of benzene rings is 2. The van der Waals surface area contributed by atoms with Gasteiger partial charge in [0, 0.05) is 5.56 Å². The summed E-state index contributed by atoms with van der Waals surface area (Å²) in [4.78, 5) is 11.4. The molecule has 0 radical (unpaired) electrons. The molecule has 0 bridgehead atoms. The maximum Gasteiger partial charge on any atom is 0.193 e. The molecule has 2 aromatic rings. The van der Waals surface area contributed by atoms with Gasteiger partial charge in [0.25, 0.3) is 0 Å². The zero-order valence-electron chi connectivity index (χ0n) is 16.7. The summed E-state index contributed by atoms with van der Waals surface area (Å²) in [6.45, 7) is 11.9. The highest BCUT2D eigenvalue weighted by Crippen LogP contribution is 2.26. The average Bonchev–Trinajstić information content (AvgIpc) is 2.60. The lowest BCUT2D eigenvalue weighted by molar-refractivity contribution is -0.0496. The van der Waals surface area contributed by atoms with Crippen molar-refractivity contribution in [1.82, 2.24) is 0 Å². The summed E-state index contributed by atoms with van der Waals surface area (Å²) in [5, 5.41) is 28.9. The van der Waals surface area contributed by atoms with E-state index in [0.29, 0.717) is 11.1 Å². The van der Waals surface area contributed by atoms with E-state index in [1.807, 2.05) is 37.3 Å². The summed E-state index contributed by atoms with van der Waals surface area (Å²) in [7, 11) is 0. The Kier molecular flexibility index (Phi) is 7.66. The van der Waals surface area contributed by atoms with E-state index in [-0.39, 0.29) is 5.78 Å². The second kappa shape index (κ2) is 9.09. The molecule has 1 unspecified atom stereocenters. The van der Waals surface area contributed by atoms with E-state index in [1.165, 1.54) is 13.8 Å². The number of rotatable bonds is 5. The molecule has 4 nitrogen and oxygen atoms in total. The normalized spacial score (nSPS) is 12.6. The number of carbonyl (C=O) groups excluding carboxylic acids is 1. The van der Waals surface area contributed by atoms with Crippen molar-refractivity contribution < 1.29 is 20.1 Å². The summed E-state index contributed by atoms with van der Waals surface area (Å²) in [6, 6.07) is 16.2. The zero-order chi connectivity index (χ0) is 20.8. The summed E-state index contributed by atoms with van der Waals surface area (Å²) in [6.07, 6.45) is -0.864. The summed E-state index contributed by atoms with van der Waals surface area (Å²) in [5.74, 6) is -0.247. The third-order valence-electron chi connectivity index (χ3n) is 3.98. The monoisotopic (exact) mass is 370 g/mol. The Balaban J connectivity index is 0.000000277. The van der Waals surface area contributed by atoms with Crippen LogP contribution in [-0.4, -0.2) is 32.3 Å². The van der Waals surface area contributed by atoms with Gasteiger partial charge in [0.1, 0.15) is 11.7 Å². The molecule has 2 aromatic carbocycles. The number of hydrogen-bond donors (Lipinski definition) is 3. The maximum atomic E-state index is 11.4. The Morgan fingerprint density at radius 1 is 0.889 bits per heavy atom. The van der Waals surface area contributed by atoms with Crippen LogP contribution in [0.4, 0.5) is 0 Å². The molecule has 27 heavy (non-hydrogen) atoms. The average molecular weight is 370 g/mol. The van der Waals surface area contributed by atoms with Crippen molar-refractivity contribution in [2.45, 2.75) is 51.9 Å². The Hall–Kier alpha value is -2.27. The molecule has 0 spiro atoms. The predicted octanol–water partition coefficient (Wildman–Crippen LogP) is 4.16. The van der Waals surface area contributed by atoms with E-state index in [1.54, 1.807) is 38.1 Å². The van der Waals surface area contributed by atoms with E-state index in [9.17, 15) is 20.1 Å². The van der Waals surface area contributed by atoms with Crippen molar-refractivity contribution in [3.8, 4) is 0 Å². The molecular weight excluding hydrogens is 340 g/mol. The standard InChI is InChI=1S/C13H18O2.C10H12O2/c1-9(2)10-5-7-11(8-6-10)12(14)13(3,4)15;1-10(2,12)9(11)8-6-4-3-5-7-8/h5-8,12,14-15H,1H2,2-4H3;3-7,12H,1-2H3. The van der Waals surface area contributed by atoms with Gasteiger partial charge in [-0.1, -0.05) is 66.7 Å². The minimum Gasteiger partial charge on any atom is -0.387 e. The number of aliphatic hydroxyl groups is 3. The van der Waals surface area contributed by atoms with Gasteiger partial charge >= 0.3 is 0 Å². The smallest absolute Gasteiger partial charge is 0.193 e. The molecule has 0 aliphatic carbocycles. The van der Waals surface area contributed by atoms with Crippen molar-refractivity contribution >= 4 is 11.4 Å². The molecule has 1 atom stereocenters. The van der Waals surface area contributed by atoms with Crippen LogP contribution in [0.5, 0.6) is 0 Å². The van der Waals surface area contributed by atoms with Crippen molar-refractivity contribution in [1.29, 1.82) is 0 Å². The number of Topliss-reactive ketones (excluding diaryl/α,β-unsaturated/α-hetero) is 1. The van der Waals surface area contributed by atoms with Crippen molar-refractivity contribution in [3.05, 3.63) is 77.9 Å². The van der Waals surface area contributed by atoms with Gasteiger partial charge in [-0.15, -0.1) is 0 Å². The molecule has 4 heteroatoms. The predicted molar refractivity (Wildman–Crippen MR) is 109 cm³/mol. The molecule has 2 rings (SSSR count). The minimum atomic E-state index is -1.28. The van der Waals surface area contributed by atoms with Gasteiger partial charge in [-0.2, -0.15) is 0 Å². The first-order valence-electron chi connectivity index (χ1n) is 8.82. The summed E-state index contributed by atoms with van der Waals surface area (Å²) >= 11 is 0. The summed E-state index contributed by atoms with van der Waals surface area (Å²) in [5.41, 5.74) is 0.894. The quantitative estimate of drug-likeness (QED) is 0.691. The first kappa shape index (κ1) is 22.8. The molecule has 0 saturated carbocycles. The van der Waals surface area contributed by atoms with Gasteiger partial charge in [0.2, 0.25) is 0 Å². The van der Waals surface area contributed by atoms with Crippen LogP contribution in [0, 0.1) is 0 Å². The maximum absolute atomic E-state index is 11.4. The van der Waals surface area contributed by atoms with Crippen molar-refractivity contribution in [2.75, 3.05) is 0 Å². The van der Waals surface area contributed by atoms with Crippen LogP contribution in [0.3, 0.4) is 0 Å². The van der Waals surface area contributed by atoms with E-state index in [0.717, 1.165) is 11.1 Å². The van der Waals surface area contributed by atoms with Crippen LogP contribution in [-0.2, 0) is 0 Å². The lowest BCUT2D eigenvalue weighted by atomic mass is 9.94. The third kappa shape index (κ3) is 7.10. The number of aliphatic hydroxyl groups excluding tert-OH is 1. The fourth-order valence-corrected chi connectivity index (χ4v) is 2.30. The third-order valence-corrected chi connectivity index (χ3v) is 3.98. The molecule has 0 heterocycles. The molecule has 0 fully saturated rings. The lowest BCUT2D eigenvalue weighted by Gasteiger charge is -2.24. The highest BCUT2D eigenvalue weighted by atomic mass is 16.3. The van der Waals surface area contributed by atoms with Crippen LogP contribution in [0.15, 0.2) is 61.2 Å². The van der Waals surface area contributed by atoms with Crippen LogP contribution in [0.2, 0.25) is 0 Å². The van der Waals surface area contributed by atoms with Gasteiger partial charge in [-0.25, -0.2) is 0 Å². The first-order chi connectivity index (χ1) is 12.3. The fraction of sp³-hybridized carbons (Fsp3) is 0.348. The summed E-state index contributed by atoms with van der Waals surface area (Å²) < 4.78 is 0. The van der Waals surface area contributed by atoms with E-state index >= 15 is 0 Å². The minimum absolute atomic E-state index is 0.247. The van der Waals surface area contributed by atoms with E-state index in [4.69, 9.17) is 0 Å². The van der Waals surface area contributed by atoms with Crippen LogP contribution >= 0.6 is 0 Å². The Morgan fingerprint density at radius 3 is 1.74 bits per heavy atom. The number of hydrogen-bond acceptors (Lipinski definition) is 4. The largest absolute Gasteiger partial charge is 0.387 e. The molecule has 3 N–H and O–H groups in total. The molecule has 0 saturated heterocycles. The van der Waals surface area contributed by atoms with Gasteiger partial charge in [-0.3, -0.25) is 4.79 Å². The fourth-order valence-electron chi connectivity index (χ4n) is 2.30. The van der Waals surface area contributed by atoms with E-state index < -0.39 is 17.3 Å². The molecule has 0 aliphatic heterocycles. The van der Waals surface area contributed by atoms with Crippen molar-refractivity contribution in [2.24, 2.45) is 0 Å². The number of carbonyl (C=O) groups is 1. The van der Waals surface area contributed by atoms with Gasteiger partial charge in [-0.05, 0) is 45.7 Å². The topological polar surface area (TPSA) is 77.8 Å². The second-order valence-corrected chi connectivity index (χ2v) is 7.71. The Morgan fingerprint density at radius 2 is 1.37 bits per heavy atom. The second-order valence-electron chi connectivity index (χ2n) is 7.71. The highest BCUT2D eigenvalue weighted by molar-refractivity contribution is 6.01. The van der Waals surface area contributed by atoms with Crippen molar-refractivity contribution in [3.63, 3.8) is 0 Å². The molecule has 0 aromatic heterocycles. The molecule has 146 valence electrons. The lowest BCUT2D eigenvalue weighted by Crippen LogP contribution is -2.30. The van der Waals surface area contributed by atoms with Gasteiger partial charge in [0.15, 0.2) is 5.78 Å². The van der Waals surface area contributed by atoms with Gasteiger partial charge in [0.05, 0.1) is 5.60 Å². The molecule has 0 amide bonds. The van der Waals surface area contributed by atoms with E-state index in [2.05, 4.69) is 6.58 Å². The number of allylic oxidation sites excluding steroid dienone is 1. The highest BCUT2D eigenvalue weighted by Gasteiger charge is 2.26. The SMILES string of the molecule is C=C(C)c1ccc(C(O)C(C)(C)O)cc1.CC(C)(O)C(=O)c1ccccc1. The van der Waals surface area contributed by atoms with Crippen LogP contribution in [0.1, 0.15) is 62.2 Å². The first-order valence-corrected chi connectivity index (χ1v) is 8.82. The van der Waals surface area contributed by atoms with Crippen LogP contribution < -0.4 is 0 Å². The van der Waals surface area contributed by atoms with Gasteiger partial charge < -0.3 is 15.3 Å². The molecular formula is C23H30O4. The molecule has 0 aliphatic rings. The zero-order valence-corrected chi connectivity index (χ0v) is 16.7.